The molecule has 2 aromatic rings. The number of pyridine rings is 1. The highest BCUT2D eigenvalue weighted by molar-refractivity contribution is 6.52. The van der Waals surface area contributed by atoms with Crippen molar-refractivity contribution in [3.05, 3.63) is 53.2 Å². The minimum absolute atomic E-state index is 0.0828. The van der Waals surface area contributed by atoms with Gasteiger partial charge in [0.25, 0.3) is 17.6 Å². The van der Waals surface area contributed by atoms with Crippen LogP contribution in [-0.4, -0.2) is 22.6 Å². The number of Topliss-reactive ketones (excluding diaryl/α,β-unsaturated/α-hetero) is 1. The molecule has 3 rings (SSSR count). The summed E-state index contributed by atoms with van der Waals surface area (Å²) in [6, 6.07) is 8.27. The van der Waals surface area contributed by atoms with Crippen LogP contribution in [0.15, 0.2) is 36.5 Å². The number of rotatable bonds is 3. The van der Waals surface area contributed by atoms with Crippen LogP contribution in [0.2, 0.25) is 0 Å². The molecule has 0 atom stereocenters. The monoisotopic (exact) mass is 296 g/mol. The van der Waals surface area contributed by atoms with Crippen LogP contribution in [-0.2, 0) is 11.3 Å². The first-order chi connectivity index (χ1) is 10.6. The summed E-state index contributed by atoms with van der Waals surface area (Å²) in [6.07, 6.45) is 1.41. The third kappa shape index (κ3) is 2.33. The van der Waals surface area contributed by atoms with E-state index in [2.05, 4.69) is 15.6 Å². The molecule has 2 amide bonds. The molecule has 7 nitrogen and oxygen atoms in total. The first kappa shape index (κ1) is 13.9. The largest absolute Gasteiger partial charge is 0.326 e. The fourth-order valence-electron chi connectivity index (χ4n) is 2.16. The number of nitrogens with two attached hydrogens (primary N) is 1. The molecule has 0 unspecified atom stereocenters. The van der Waals surface area contributed by atoms with Crippen molar-refractivity contribution < 1.29 is 14.4 Å². The van der Waals surface area contributed by atoms with E-state index >= 15 is 0 Å². The molecule has 7 heteroatoms. The molecule has 1 aliphatic rings. The first-order valence-electron chi connectivity index (χ1n) is 6.55. The molecular formula is C15H12N4O3. The van der Waals surface area contributed by atoms with Crippen molar-refractivity contribution in [3.63, 3.8) is 0 Å². The number of fused-ring (bicyclic) bond motifs is 1. The third-order valence-electron chi connectivity index (χ3n) is 3.32. The fraction of sp³-hybridized carbons (Fsp3) is 0.0667. The zero-order chi connectivity index (χ0) is 15.7. The van der Waals surface area contributed by atoms with E-state index in [1.807, 2.05) is 0 Å². The average molecular weight is 296 g/mol. The van der Waals surface area contributed by atoms with Gasteiger partial charge in [-0.05, 0) is 23.8 Å². The van der Waals surface area contributed by atoms with Crippen molar-refractivity contribution in [2.24, 2.45) is 5.73 Å². The molecule has 0 saturated heterocycles. The summed E-state index contributed by atoms with van der Waals surface area (Å²) in [5.41, 5.74) is 7.17. The van der Waals surface area contributed by atoms with Crippen LogP contribution >= 0.6 is 0 Å². The number of hydrogen-bond donors (Lipinski definition) is 3. The van der Waals surface area contributed by atoms with E-state index in [1.165, 1.54) is 12.3 Å². The van der Waals surface area contributed by atoms with Crippen LogP contribution < -0.4 is 16.4 Å². The molecule has 2 heterocycles. The van der Waals surface area contributed by atoms with Gasteiger partial charge in [-0.3, -0.25) is 14.4 Å². The molecule has 4 N–H and O–H groups in total. The highest BCUT2D eigenvalue weighted by Gasteiger charge is 2.32. The predicted octanol–water partition coefficient (Wildman–Crippen LogP) is 0.927. The molecule has 0 spiro atoms. The Morgan fingerprint density at radius 3 is 2.59 bits per heavy atom. The average Bonchev–Trinajstić information content (AvgIpc) is 2.83. The summed E-state index contributed by atoms with van der Waals surface area (Å²) < 4.78 is 0. The van der Waals surface area contributed by atoms with Gasteiger partial charge in [0.15, 0.2) is 0 Å². The molecule has 0 aliphatic carbocycles. The second-order valence-electron chi connectivity index (χ2n) is 4.72. The topological polar surface area (TPSA) is 114 Å². The molecule has 0 radical (unpaired) electrons. The van der Waals surface area contributed by atoms with Gasteiger partial charge in [-0.1, -0.05) is 12.1 Å². The molecule has 1 aromatic carbocycles. The summed E-state index contributed by atoms with van der Waals surface area (Å²) >= 11 is 0. The molecular weight excluding hydrogens is 284 g/mol. The maximum atomic E-state index is 12.2. The number of carbonyl (C=O) groups excluding carboxylic acids is 3. The highest BCUT2D eigenvalue weighted by atomic mass is 16.2. The molecule has 0 bridgehead atoms. The van der Waals surface area contributed by atoms with Gasteiger partial charge in [-0.25, -0.2) is 4.98 Å². The summed E-state index contributed by atoms with van der Waals surface area (Å²) in [6.45, 7) is 0.391. The van der Waals surface area contributed by atoms with Crippen LogP contribution in [0.5, 0.6) is 0 Å². The Kier molecular flexibility index (Phi) is 3.40. The fourth-order valence-corrected chi connectivity index (χ4v) is 2.16. The molecule has 0 fully saturated rings. The lowest BCUT2D eigenvalue weighted by molar-refractivity contribution is -0.112. The Morgan fingerprint density at radius 1 is 1.18 bits per heavy atom. The van der Waals surface area contributed by atoms with Gasteiger partial charge >= 0.3 is 0 Å². The van der Waals surface area contributed by atoms with Crippen molar-refractivity contribution in [2.45, 2.75) is 6.54 Å². The number of nitrogens with zero attached hydrogens (tertiary/aromatic N) is 1. The summed E-state index contributed by atoms with van der Waals surface area (Å²) in [4.78, 5) is 39.3. The van der Waals surface area contributed by atoms with Crippen molar-refractivity contribution in [1.29, 1.82) is 0 Å². The number of anilines is 2. The predicted molar refractivity (Wildman–Crippen MR) is 79.5 cm³/mol. The third-order valence-corrected chi connectivity index (χ3v) is 3.32. The lowest BCUT2D eigenvalue weighted by atomic mass is 10.1. The summed E-state index contributed by atoms with van der Waals surface area (Å²) in [5, 5.41) is 4.97. The Hall–Kier alpha value is -3.06. The normalized spacial score (nSPS) is 12.8. The van der Waals surface area contributed by atoms with E-state index in [0.717, 1.165) is 5.56 Å². The molecule has 1 aliphatic heterocycles. The number of aromatic nitrogens is 1. The lowest BCUT2D eigenvalue weighted by Crippen LogP contribution is -2.16. The second-order valence-corrected chi connectivity index (χ2v) is 4.72. The van der Waals surface area contributed by atoms with Gasteiger partial charge in [0.05, 0.1) is 11.3 Å². The molecule has 110 valence electrons. The van der Waals surface area contributed by atoms with Crippen LogP contribution in [0.4, 0.5) is 11.5 Å². The molecule has 22 heavy (non-hydrogen) atoms. The number of carbonyl (C=O) groups is 3. The lowest BCUT2D eigenvalue weighted by Gasteiger charge is -2.08. The first-order valence-corrected chi connectivity index (χ1v) is 6.55. The zero-order valence-electron chi connectivity index (χ0n) is 11.4. The van der Waals surface area contributed by atoms with Crippen molar-refractivity contribution >= 4 is 29.1 Å². The van der Waals surface area contributed by atoms with Crippen molar-refractivity contribution in [2.75, 3.05) is 10.6 Å². The van der Waals surface area contributed by atoms with E-state index in [4.69, 9.17) is 5.73 Å². The molecule has 0 saturated carbocycles. The van der Waals surface area contributed by atoms with Gasteiger partial charge in [0, 0.05) is 18.3 Å². The Balaban J connectivity index is 1.88. The SMILES string of the molecule is NCc1ccc(C(=O)Nc2ccnc3c2C(=O)C(=O)N3)cc1. The van der Waals surface area contributed by atoms with E-state index in [9.17, 15) is 14.4 Å². The quantitative estimate of drug-likeness (QED) is 0.729. The van der Waals surface area contributed by atoms with Crippen LogP contribution in [0.3, 0.4) is 0 Å². The Morgan fingerprint density at radius 2 is 1.91 bits per heavy atom. The number of amides is 2. The number of nitrogens with one attached hydrogen (secondary N) is 2. The van der Waals surface area contributed by atoms with Gasteiger partial charge in [-0.15, -0.1) is 0 Å². The van der Waals surface area contributed by atoms with Crippen LogP contribution in [0.25, 0.3) is 0 Å². The van der Waals surface area contributed by atoms with Crippen molar-refractivity contribution in [3.8, 4) is 0 Å². The van der Waals surface area contributed by atoms with E-state index in [-0.39, 0.29) is 23.0 Å². The van der Waals surface area contributed by atoms with Crippen LogP contribution in [0, 0.1) is 0 Å². The standard InChI is InChI=1S/C15H12N4O3/c16-7-8-1-3-9(4-2-8)14(21)18-10-5-6-17-13-11(10)12(20)15(22)19-13/h1-6H,7,16H2,(H2,17,18,19,20,21,22). The van der Waals surface area contributed by atoms with Crippen LogP contribution in [0.1, 0.15) is 26.3 Å². The van der Waals surface area contributed by atoms with E-state index < -0.39 is 11.7 Å². The zero-order valence-corrected chi connectivity index (χ0v) is 11.4. The smallest absolute Gasteiger partial charge is 0.298 e. The minimum atomic E-state index is -0.753. The summed E-state index contributed by atoms with van der Waals surface area (Å²) in [7, 11) is 0. The maximum absolute atomic E-state index is 12.2. The minimum Gasteiger partial charge on any atom is -0.326 e. The van der Waals surface area contributed by atoms with E-state index in [0.29, 0.717) is 12.1 Å². The Bertz CT molecular complexity index is 784. The summed E-state index contributed by atoms with van der Waals surface area (Å²) in [5.74, 6) is -1.69. The number of benzene rings is 1. The maximum Gasteiger partial charge on any atom is 0.298 e. The van der Waals surface area contributed by atoms with Gasteiger partial charge in [0.2, 0.25) is 0 Å². The highest BCUT2D eigenvalue weighted by Crippen LogP contribution is 2.27. The van der Waals surface area contributed by atoms with Gasteiger partial charge < -0.3 is 16.4 Å². The number of ketones is 1. The second kappa shape index (κ2) is 5.38. The number of hydrogen-bond acceptors (Lipinski definition) is 5. The van der Waals surface area contributed by atoms with E-state index in [1.54, 1.807) is 24.3 Å². The molecule has 1 aromatic heterocycles. The van der Waals surface area contributed by atoms with Gasteiger partial charge in [-0.2, -0.15) is 0 Å². The van der Waals surface area contributed by atoms with Crippen molar-refractivity contribution in [1.82, 2.24) is 4.98 Å². The Labute approximate surface area is 125 Å². The van der Waals surface area contributed by atoms with Gasteiger partial charge in [0.1, 0.15) is 5.82 Å².